The van der Waals surface area contributed by atoms with Crippen LogP contribution in [0.15, 0.2) is 52.7 Å². The normalized spacial score (nSPS) is 15.4. The molecule has 0 radical (unpaired) electrons. The molecule has 1 amide bonds. The van der Waals surface area contributed by atoms with E-state index in [0.717, 1.165) is 48.2 Å². The van der Waals surface area contributed by atoms with Crippen LogP contribution < -0.4 is 16.0 Å². The van der Waals surface area contributed by atoms with Gasteiger partial charge in [0.05, 0.1) is 11.4 Å². The van der Waals surface area contributed by atoms with Crippen LogP contribution in [-0.4, -0.2) is 21.0 Å². The zero-order chi connectivity index (χ0) is 24.0. The second kappa shape index (κ2) is 11.5. The Hall–Kier alpha value is -1.93. The summed E-state index contributed by atoms with van der Waals surface area (Å²) in [5.41, 5.74) is 4.24. The molecule has 0 aromatic heterocycles. The highest BCUT2D eigenvalue weighted by Gasteiger charge is 2.36. The first-order chi connectivity index (χ1) is 15.6. The van der Waals surface area contributed by atoms with Gasteiger partial charge < -0.3 is 16.0 Å². The summed E-state index contributed by atoms with van der Waals surface area (Å²) in [5.74, 6) is -0.203. The standard InChI is InChI=1S/C23H26Cl3N5OS/c1-14-7-3-6-10-19(14)31-30-17-11-12-18(15(2)13-17)27-22(33)29-21(23(24,25)26)28-20(32)16-8-4-5-9-16/h3,6-7,10-13,16,21H,4-5,8-9H2,1-2H3,(H,28,32)(H2,27,29,33). The maximum Gasteiger partial charge on any atom is 0.228 e. The van der Waals surface area contributed by atoms with Crippen LogP contribution >= 0.6 is 47.0 Å². The van der Waals surface area contributed by atoms with Crippen molar-refractivity contribution in [2.24, 2.45) is 16.1 Å². The lowest BCUT2D eigenvalue weighted by Gasteiger charge is -2.29. The van der Waals surface area contributed by atoms with Crippen molar-refractivity contribution in [2.45, 2.75) is 49.5 Å². The topological polar surface area (TPSA) is 77.9 Å². The van der Waals surface area contributed by atoms with Crippen molar-refractivity contribution < 1.29 is 4.79 Å². The van der Waals surface area contributed by atoms with Crippen molar-refractivity contribution in [3.8, 4) is 0 Å². The van der Waals surface area contributed by atoms with Crippen LogP contribution in [0.3, 0.4) is 0 Å². The van der Waals surface area contributed by atoms with Crippen molar-refractivity contribution in [3.63, 3.8) is 0 Å². The highest BCUT2D eigenvalue weighted by Crippen LogP contribution is 2.31. The lowest BCUT2D eigenvalue weighted by Crippen LogP contribution is -2.57. The molecule has 3 N–H and O–H groups in total. The Morgan fingerprint density at radius 1 is 1.03 bits per heavy atom. The number of anilines is 1. The van der Waals surface area contributed by atoms with Gasteiger partial charge in [-0.1, -0.05) is 65.8 Å². The van der Waals surface area contributed by atoms with Gasteiger partial charge in [-0.05, 0) is 74.3 Å². The molecule has 33 heavy (non-hydrogen) atoms. The number of carbonyl (C=O) groups is 1. The largest absolute Gasteiger partial charge is 0.339 e. The minimum absolute atomic E-state index is 0.0631. The third-order valence-electron chi connectivity index (χ3n) is 5.46. The Kier molecular flexibility index (Phi) is 8.93. The molecular formula is C23H26Cl3N5OS. The second-order valence-electron chi connectivity index (χ2n) is 8.05. The van der Waals surface area contributed by atoms with E-state index in [0.29, 0.717) is 5.69 Å². The minimum atomic E-state index is -1.78. The van der Waals surface area contributed by atoms with Crippen LogP contribution in [0.1, 0.15) is 36.8 Å². The molecule has 2 aromatic carbocycles. The van der Waals surface area contributed by atoms with Gasteiger partial charge in [-0.15, -0.1) is 0 Å². The number of hydrogen-bond donors (Lipinski definition) is 3. The van der Waals surface area contributed by atoms with Crippen LogP contribution in [-0.2, 0) is 4.79 Å². The summed E-state index contributed by atoms with van der Waals surface area (Å²) in [7, 11) is 0. The zero-order valence-electron chi connectivity index (χ0n) is 18.4. The van der Waals surface area contributed by atoms with Crippen molar-refractivity contribution in [1.29, 1.82) is 0 Å². The van der Waals surface area contributed by atoms with E-state index in [9.17, 15) is 4.79 Å². The molecule has 0 heterocycles. The predicted octanol–water partition coefficient (Wildman–Crippen LogP) is 7.01. The molecule has 0 aliphatic heterocycles. The number of hydrogen-bond acceptors (Lipinski definition) is 4. The molecule has 3 rings (SSSR count). The molecule has 10 heteroatoms. The number of thiocarbonyl (C=S) groups is 1. The van der Waals surface area contributed by atoms with Gasteiger partial charge in [0.2, 0.25) is 9.70 Å². The summed E-state index contributed by atoms with van der Waals surface area (Å²) in [6.45, 7) is 3.91. The number of amides is 1. The van der Waals surface area contributed by atoms with E-state index < -0.39 is 9.96 Å². The summed E-state index contributed by atoms with van der Waals surface area (Å²) in [5, 5.41) is 17.6. The van der Waals surface area contributed by atoms with Crippen molar-refractivity contribution in [3.05, 3.63) is 53.6 Å². The number of halogens is 3. The third-order valence-corrected chi connectivity index (χ3v) is 6.34. The van der Waals surface area contributed by atoms with Crippen molar-refractivity contribution >= 4 is 75.1 Å². The molecule has 1 saturated carbocycles. The Labute approximate surface area is 214 Å². The maximum absolute atomic E-state index is 12.5. The minimum Gasteiger partial charge on any atom is -0.339 e. The van der Waals surface area contributed by atoms with Crippen LogP contribution in [0.5, 0.6) is 0 Å². The molecule has 6 nitrogen and oxygen atoms in total. The molecule has 1 fully saturated rings. The van der Waals surface area contributed by atoms with E-state index in [2.05, 4.69) is 26.2 Å². The Balaban J connectivity index is 1.63. The fourth-order valence-corrected chi connectivity index (χ4v) is 4.13. The number of nitrogens with zero attached hydrogens (tertiary/aromatic N) is 2. The summed E-state index contributed by atoms with van der Waals surface area (Å²) in [4.78, 5) is 12.5. The fraction of sp³-hybridized carbons (Fsp3) is 0.391. The Bertz CT molecular complexity index is 1030. The van der Waals surface area contributed by atoms with E-state index in [4.69, 9.17) is 47.0 Å². The van der Waals surface area contributed by atoms with Gasteiger partial charge in [-0.2, -0.15) is 10.2 Å². The monoisotopic (exact) mass is 525 g/mol. The second-order valence-corrected chi connectivity index (χ2v) is 10.8. The third kappa shape index (κ3) is 7.54. The molecule has 176 valence electrons. The average Bonchev–Trinajstić information content (AvgIpc) is 3.29. The first kappa shape index (κ1) is 25.7. The van der Waals surface area contributed by atoms with Gasteiger partial charge in [-0.3, -0.25) is 4.79 Å². The van der Waals surface area contributed by atoms with Gasteiger partial charge in [-0.25, -0.2) is 0 Å². The smallest absolute Gasteiger partial charge is 0.228 e. The molecule has 0 saturated heterocycles. The fourth-order valence-electron chi connectivity index (χ4n) is 3.57. The average molecular weight is 527 g/mol. The first-order valence-electron chi connectivity index (χ1n) is 10.7. The summed E-state index contributed by atoms with van der Waals surface area (Å²) in [6, 6.07) is 13.4. The van der Waals surface area contributed by atoms with Crippen LogP contribution in [0.25, 0.3) is 0 Å². The maximum atomic E-state index is 12.5. The van der Waals surface area contributed by atoms with E-state index in [-0.39, 0.29) is 16.9 Å². The zero-order valence-corrected chi connectivity index (χ0v) is 21.5. The van der Waals surface area contributed by atoms with Gasteiger partial charge in [0.25, 0.3) is 0 Å². The molecule has 1 atom stereocenters. The highest BCUT2D eigenvalue weighted by molar-refractivity contribution is 7.80. The molecular weight excluding hydrogens is 501 g/mol. The number of alkyl halides is 3. The molecule has 0 spiro atoms. The SMILES string of the molecule is Cc1ccccc1N=Nc1ccc(NC(=S)NC(NC(=O)C2CCCC2)C(Cl)(Cl)Cl)c(C)c1. The molecule has 1 unspecified atom stereocenters. The van der Waals surface area contributed by atoms with E-state index in [1.807, 2.05) is 56.3 Å². The van der Waals surface area contributed by atoms with Crippen LogP contribution in [0, 0.1) is 19.8 Å². The number of azo groups is 1. The van der Waals surface area contributed by atoms with E-state index in [1.54, 1.807) is 0 Å². The number of benzene rings is 2. The van der Waals surface area contributed by atoms with Gasteiger partial charge in [0, 0.05) is 11.6 Å². The Morgan fingerprint density at radius 3 is 2.36 bits per heavy atom. The van der Waals surface area contributed by atoms with E-state index in [1.165, 1.54) is 0 Å². The number of aryl methyl sites for hydroxylation is 2. The van der Waals surface area contributed by atoms with Crippen molar-refractivity contribution in [2.75, 3.05) is 5.32 Å². The quantitative estimate of drug-likeness (QED) is 0.164. The van der Waals surface area contributed by atoms with Crippen LogP contribution in [0.2, 0.25) is 0 Å². The predicted molar refractivity (Wildman–Crippen MR) is 140 cm³/mol. The number of carbonyl (C=O) groups excluding carboxylic acids is 1. The summed E-state index contributed by atoms with van der Waals surface area (Å²) in [6.07, 6.45) is 2.77. The van der Waals surface area contributed by atoms with Gasteiger partial charge in [0.1, 0.15) is 6.17 Å². The van der Waals surface area contributed by atoms with Crippen LogP contribution in [0.4, 0.5) is 17.1 Å². The highest BCUT2D eigenvalue weighted by atomic mass is 35.6. The Morgan fingerprint density at radius 2 is 1.73 bits per heavy atom. The molecule has 2 aromatic rings. The molecule has 0 bridgehead atoms. The molecule has 1 aliphatic carbocycles. The van der Waals surface area contributed by atoms with Crippen molar-refractivity contribution in [1.82, 2.24) is 10.6 Å². The summed E-state index contributed by atoms with van der Waals surface area (Å²) < 4.78 is -1.78. The van der Waals surface area contributed by atoms with Gasteiger partial charge >= 0.3 is 0 Å². The summed E-state index contributed by atoms with van der Waals surface area (Å²) >= 11 is 23.7. The number of rotatable bonds is 6. The van der Waals surface area contributed by atoms with Gasteiger partial charge in [0.15, 0.2) is 5.11 Å². The van der Waals surface area contributed by atoms with E-state index >= 15 is 0 Å². The molecule has 1 aliphatic rings. The lowest BCUT2D eigenvalue weighted by atomic mass is 10.1. The lowest BCUT2D eigenvalue weighted by molar-refractivity contribution is -0.125. The number of nitrogens with one attached hydrogen (secondary N) is 3. The first-order valence-corrected chi connectivity index (χ1v) is 12.2.